The zero-order chi connectivity index (χ0) is 15.2. The van der Waals surface area contributed by atoms with Crippen LogP contribution in [0.3, 0.4) is 0 Å². The second kappa shape index (κ2) is 9.06. The second-order valence-electron chi connectivity index (χ2n) is 5.48. The van der Waals surface area contributed by atoms with Gasteiger partial charge in [0.15, 0.2) is 0 Å². The highest BCUT2D eigenvalue weighted by molar-refractivity contribution is 5.85. The summed E-state index contributed by atoms with van der Waals surface area (Å²) in [6.07, 6.45) is 2.73. The molecule has 1 fully saturated rings. The molecule has 22 heavy (non-hydrogen) atoms. The first-order chi connectivity index (χ1) is 10.1. The fourth-order valence-corrected chi connectivity index (χ4v) is 2.80. The predicted octanol–water partition coefficient (Wildman–Crippen LogP) is 2.92. The number of halogens is 3. The van der Waals surface area contributed by atoms with Crippen LogP contribution in [0.25, 0.3) is 0 Å². The summed E-state index contributed by atoms with van der Waals surface area (Å²) in [5, 5.41) is 3.28. The molecule has 1 heterocycles. The Morgan fingerprint density at radius 1 is 1.32 bits per heavy atom. The SMILES string of the molecule is CCCN(C(=O)Cc1ccc(F)cc1F)C1CCNCC1.Cl. The molecule has 0 aliphatic carbocycles. The van der Waals surface area contributed by atoms with Crippen LogP contribution >= 0.6 is 12.4 Å². The monoisotopic (exact) mass is 332 g/mol. The molecule has 1 aliphatic heterocycles. The summed E-state index contributed by atoms with van der Waals surface area (Å²) in [6.45, 7) is 4.53. The minimum Gasteiger partial charge on any atom is -0.339 e. The van der Waals surface area contributed by atoms with Gasteiger partial charge in [0, 0.05) is 18.7 Å². The molecule has 1 aliphatic rings. The highest BCUT2D eigenvalue weighted by Crippen LogP contribution is 2.16. The van der Waals surface area contributed by atoms with Crippen LogP contribution in [-0.2, 0) is 11.2 Å². The van der Waals surface area contributed by atoms with Crippen LogP contribution in [0.1, 0.15) is 31.7 Å². The summed E-state index contributed by atoms with van der Waals surface area (Å²) in [7, 11) is 0. The van der Waals surface area contributed by atoms with E-state index in [1.807, 2.05) is 11.8 Å². The maximum Gasteiger partial charge on any atom is 0.227 e. The molecule has 1 amide bonds. The topological polar surface area (TPSA) is 32.3 Å². The molecule has 0 radical (unpaired) electrons. The Balaban J connectivity index is 0.00000242. The molecule has 0 atom stereocenters. The van der Waals surface area contributed by atoms with Crippen LogP contribution < -0.4 is 5.32 Å². The van der Waals surface area contributed by atoms with Crippen molar-refractivity contribution in [2.45, 2.75) is 38.6 Å². The summed E-state index contributed by atoms with van der Waals surface area (Å²) in [4.78, 5) is 14.3. The third-order valence-electron chi connectivity index (χ3n) is 3.89. The van der Waals surface area contributed by atoms with E-state index in [9.17, 15) is 13.6 Å². The molecule has 0 spiro atoms. The number of hydrogen-bond acceptors (Lipinski definition) is 2. The van der Waals surface area contributed by atoms with E-state index in [0.717, 1.165) is 38.4 Å². The van der Waals surface area contributed by atoms with Gasteiger partial charge in [-0.15, -0.1) is 12.4 Å². The van der Waals surface area contributed by atoms with Crippen LogP contribution in [0.15, 0.2) is 18.2 Å². The van der Waals surface area contributed by atoms with Gasteiger partial charge in [0.25, 0.3) is 0 Å². The van der Waals surface area contributed by atoms with Crippen LogP contribution in [0, 0.1) is 11.6 Å². The van der Waals surface area contributed by atoms with E-state index in [1.54, 1.807) is 0 Å². The molecule has 2 rings (SSSR count). The van der Waals surface area contributed by atoms with Crippen molar-refractivity contribution in [2.75, 3.05) is 19.6 Å². The second-order valence-corrected chi connectivity index (χ2v) is 5.48. The van der Waals surface area contributed by atoms with E-state index in [2.05, 4.69) is 5.32 Å². The number of nitrogens with one attached hydrogen (secondary N) is 1. The molecule has 0 saturated carbocycles. The zero-order valence-electron chi connectivity index (χ0n) is 12.8. The summed E-state index contributed by atoms with van der Waals surface area (Å²) in [6, 6.07) is 3.61. The Bertz CT molecular complexity index is 493. The van der Waals surface area contributed by atoms with Gasteiger partial charge in [-0.2, -0.15) is 0 Å². The molecular formula is C16H23ClF2N2O. The van der Waals surface area contributed by atoms with E-state index < -0.39 is 11.6 Å². The Kier molecular flexibility index (Phi) is 7.76. The third kappa shape index (κ3) is 4.92. The first-order valence-electron chi connectivity index (χ1n) is 7.56. The largest absolute Gasteiger partial charge is 0.339 e. The summed E-state index contributed by atoms with van der Waals surface area (Å²) < 4.78 is 26.6. The van der Waals surface area contributed by atoms with E-state index >= 15 is 0 Å². The van der Waals surface area contributed by atoms with Crippen LogP contribution in [0.4, 0.5) is 8.78 Å². The van der Waals surface area contributed by atoms with Gasteiger partial charge >= 0.3 is 0 Å². The number of benzene rings is 1. The van der Waals surface area contributed by atoms with E-state index in [1.165, 1.54) is 12.1 Å². The molecule has 1 aromatic rings. The highest BCUT2D eigenvalue weighted by atomic mass is 35.5. The predicted molar refractivity (Wildman–Crippen MR) is 85.2 cm³/mol. The molecule has 1 saturated heterocycles. The van der Waals surface area contributed by atoms with Gasteiger partial charge in [-0.1, -0.05) is 13.0 Å². The lowest BCUT2D eigenvalue weighted by atomic mass is 10.0. The van der Waals surface area contributed by atoms with Crippen molar-refractivity contribution in [2.24, 2.45) is 0 Å². The number of rotatable bonds is 5. The molecule has 0 aromatic heterocycles. The van der Waals surface area contributed by atoms with Crippen molar-refractivity contribution in [1.82, 2.24) is 10.2 Å². The summed E-state index contributed by atoms with van der Waals surface area (Å²) >= 11 is 0. The lowest BCUT2D eigenvalue weighted by Gasteiger charge is -2.34. The molecule has 6 heteroatoms. The Labute approximate surface area is 136 Å². The maximum atomic E-state index is 13.7. The molecule has 3 nitrogen and oxygen atoms in total. The first kappa shape index (κ1) is 18.8. The van der Waals surface area contributed by atoms with E-state index in [0.29, 0.717) is 6.54 Å². The minimum atomic E-state index is -0.648. The van der Waals surface area contributed by atoms with Crippen molar-refractivity contribution < 1.29 is 13.6 Å². The van der Waals surface area contributed by atoms with Gasteiger partial charge in [-0.25, -0.2) is 8.78 Å². The van der Waals surface area contributed by atoms with Crippen LogP contribution in [0.2, 0.25) is 0 Å². The van der Waals surface area contributed by atoms with Crippen molar-refractivity contribution >= 4 is 18.3 Å². The van der Waals surface area contributed by atoms with E-state index in [4.69, 9.17) is 0 Å². The maximum absolute atomic E-state index is 13.7. The Morgan fingerprint density at radius 3 is 2.59 bits per heavy atom. The molecule has 0 unspecified atom stereocenters. The summed E-state index contributed by atoms with van der Waals surface area (Å²) in [5.41, 5.74) is 0.261. The smallest absolute Gasteiger partial charge is 0.227 e. The summed E-state index contributed by atoms with van der Waals surface area (Å²) in [5.74, 6) is -1.34. The molecule has 1 N–H and O–H groups in total. The quantitative estimate of drug-likeness (QED) is 0.899. The van der Waals surface area contributed by atoms with Crippen molar-refractivity contribution in [1.29, 1.82) is 0 Å². The minimum absolute atomic E-state index is 0. The number of amides is 1. The van der Waals surface area contributed by atoms with Crippen LogP contribution in [-0.4, -0.2) is 36.5 Å². The van der Waals surface area contributed by atoms with Crippen LogP contribution in [0.5, 0.6) is 0 Å². The molecule has 1 aromatic carbocycles. The van der Waals surface area contributed by atoms with Crippen molar-refractivity contribution in [3.05, 3.63) is 35.4 Å². The van der Waals surface area contributed by atoms with E-state index in [-0.39, 0.29) is 36.3 Å². The highest BCUT2D eigenvalue weighted by Gasteiger charge is 2.25. The number of carbonyl (C=O) groups excluding carboxylic acids is 1. The molecular weight excluding hydrogens is 310 g/mol. The standard InChI is InChI=1S/C16H22F2N2O.ClH/c1-2-9-20(14-5-7-19-8-6-14)16(21)10-12-3-4-13(17)11-15(12)18;/h3-4,11,14,19H,2,5-10H2,1H3;1H. The lowest BCUT2D eigenvalue weighted by Crippen LogP contribution is -2.47. The average Bonchev–Trinajstić information content (AvgIpc) is 2.48. The average molecular weight is 333 g/mol. The van der Waals surface area contributed by atoms with Crippen molar-refractivity contribution in [3.8, 4) is 0 Å². The molecule has 0 bridgehead atoms. The Morgan fingerprint density at radius 2 is 2.00 bits per heavy atom. The lowest BCUT2D eigenvalue weighted by molar-refractivity contribution is -0.133. The number of carbonyl (C=O) groups is 1. The van der Waals surface area contributed by atoms with Gasteiger partial charge in [0.1, 0.15) is 11.6 Å². The number of hydrogen-bond donors (Lipinski definition) is 1. The zero-order valence-corrected chi connectivity index (χ0v) is 13.6. The van der Waals surface area contributed by atoms with Gasteiger partial charge in [0.2, 0.25) is 5.91 Å². The van der Waals surface area contributed by atoms with Gasteiger partial charge in [-0.05, 0) is 44.0 Å². The fourth-order valence-electron chi connectivity index (χ4n) is 2.80. The van der Waals surface area contributed by atoms with Gasteiger partial charge in [-0.3, -0.25) is 4.79 Å². The normalized spacial score (nSPS) is 15.2. The third-order valence-corrected chi connectivity index (χ3v) is 3.89. The van der Waals surface area contributed by atoms with Gasteiger partial charge < -0.3 is 10.2 Å². The number of piperidine rings is 1. The van der Waals surface area contributed by atoms with Gasteiger partial charge in [0.05, 0.1) is 6.42 Å². The number of nitrogens with zero attached hydrogens (tertiary/aromatic N) is 1. The Hall–Kier alpha value is -1.20. The molecule has 124 valence electrons. The fraction of sp³-hybridized carbons (Fsp3) is 0.562. The first-order valence-corrected chi connectivity index (χ1v) is 7.56. The van der Waals surface area contributed by atoms with Crippen molar-refractivity contribution in [3.63, 3.8) is 0 Å².